The van der Waals surface area contributed by atoms with E-state index in [-0.39, 0.29) is 11.9 Å². The third-order valence-corrected chi connectivity index (χ3v) is 7.04. The minimum Gasteiger partial charge on any atom is -0.452 e. The van der Waals surface area contributed by atoms with E-state index in [0.717, 1.165) is 24.0 Å². The van der Waals surface area contributed by atoms with E-state index in [9.17, 15) is 14.4 Å². The van der Waals surface area contributed by atoms with E-state index >= 15 is 0 Å². The number of amides is 2. The largest absolute Gasteiger partial charge is 0.452 e. The van der Waals surface area contributed by atoms with Gasteiger partial charge in [-0.15, -0.1) is 6.58 Å². The average Bonchev–Trinajstić information content (AvgIpc) is 3.48. The molecule has 1 atom stereocenters. The van der Waals surface area contributed by atoms with Crippen LogP contribution in [-0.2, 0) is 25.3 Å². The Morgan fingerprint density at radius 1 is 1.15 bits per heavy atom. The zero-order valence-electron chi connectivity index (χ0n) is 18.6. The van der Waals surface area contributed by atoms with Crippen LogP contribution in [0.5, 0.6) is 0 Å². The number of carbonyl (C=O) groups excluding carboxylic acids is 3. The van der Waals surface area contributed by atoms with Crippen LogP contribution in [0.1, 0.15) is 40.7 Å². The SMILES string of the molecule is C=CCN(C(=O)OC)c1ccc(C2(C(=O)N3CCC4(C3)OC(=O)c3ccccc34)CC2)cc1. The Morgan fingerprint density at radius 2 is 1.88 bits per heavy atom. The quantitative estimate of drug-likeness (QED) is 0.516. The summed E-state index contributed by atoms with van der Waals surface area (Å²) in [5.41, 5.74) is 1.80. The van der Waals surface area contributed by atoms with Crippen LogP contribution in [-0.4, -0.2) is 49.6 Å². The molecule has 7 heteroatoms. The lowest BCUT2D eigenvalue weighted by Gasteiger charge is -2.27. The standard InChI is InChI=1S/C26H26N2O5/c1-3-15-28(24(31)32-2)19-10-8-18(9-11-19)25(12-13-25)23(30)27-16-14-26(17-27)21-7-5-4-6-20(21)22(29)33-26/h3-11H,1,12-17H2,2H3. The second kappa shape index (κ2) is 7.76. The van der Waals surface area contributed by atoms with Crippen molar-refractivity contribution < 1.29 is 23.9 Å². The number of fused-ring (bicyclic) bond motifs is 2. The van der Waals surface area contributed by atoms with Gasteiger partial charge in [0, 0.05) is 30.8 Å². The van der Waals surface area contributed by atoms with Crippen LogP contribution in [0, 0.1) is 0 Å². The van der Waals surface area contributed by atoms with Gasteiger partial charge in [-0.25, -0.2) is 9.59 Å². The molecule has 1 unspecified atom stereocenters. The Balaban J connectivity index is 1.35. The Morgan fingerprint density at radius 3 is 2.55 bits per heavy atom. The fourth-order valence-corrected chi connectivity index (χ4v) is 5.14. The molecule has 1 spiro atoms. The summed E-state index contributed by atoms with van der Waals surface area (Å²) in [6.07, 6.45) is 3.32. The Labute approximate surface area is 192 Å². The number of rotatable bonds is 5. The zero-order chi connectivity index (χ0) is 23.2. The maximum atomic E-state index is 13.6. The molecule has 5 rings (SSSR count). The normalized spacial score (nSPS) is 22.0. The van der Waals surface area contributed by atoms with E-state index in [4.69, 9.17) is 9.47 Å². The van der Waals surface area contributed by atoms with Gasteiger partial charge in [0.05, 0.1) is 24.6 Å². The highest BCUT2D eigenvalue weighted by Crippen LogP contribution is 2.52. The first-order chi connectivity index (χ1) is 15.9. The molecule has 33 heavy (non-hydrogen) atoms. The van der Waals surface area contributed by atoms with Gasteiger partial charge in [0.2, 0.25) is 5.91 Å². The Hall–Kier alpha value is -3.61. The summed E-state index contributed by atoms with van der Waals surface area (Å²) in [6.45, 7) is 4.95. The first-order valence-corrected chi connectivity index (χ1v) is 11.1. The molecule has 2 aromatic carbocycles. The number of carbonyl (C=O) groups is 3. The van der Waals surface area contributed by atoms with Crippen LogP contribution in [0.25, 0.3) is 0 Å². The molecule has 2 fully saturated rings. The van der Waals surface area contributed by atoms with Crippen molar-refractivity contribution in [1.82, 2.24) is 4.90 Å². The van der Waals surface area contributed by atoms with Crippen LogP contribution >= 0.6 is 0 Å². The van der Waals surface area contributed by atoms with Crippen LogP contribution in [0.3, 0.4) is 0 Å². The van der Waals surface area contributed by atoms with E-state index in [1.165, 1.54) is 12.0 Å². The maximum Gasteiger partial charge on any atom is 0.414 e. The number of benzene rings is 2. The van der Waals surface area contributed by atoms with Crippen LogP contribution < -0.4 is 4.90 Å². The molecule has 2 amide bonds. The van der Waals surface area contributed by atoms with Crippen LogP contribution in [0.4, 0.5) is 10.5 Å². The van der Waals surface area contributed by atoms with Crippen molar-refractivity contribution in [2.45, 2.75) is 30.3 Å². The number of nitrogens with zero attached hydrogens (tertiary/aromatic N) is 2. The topological polar surface area (TPSA) is 76.2 Å². The number of ether oxygens (including phenoxy) is 2. The summed E-state index contributed by atoms with van der Waals surface area (Å²) in [7, 11) is 1.34. The van der Waals surface area contributed by atoms with Gasteiger partial charge in [-0.2, -0.15) is 0 Å². The van der Waals surface area contributed by atoms with Crippen molar-refractivity contribution in [2.24, 2.45) is 0 Å². The van der Waals surface area contributed by atoms with Gasteiger partial charge in [-0.1, -0.05) is 36.4 Å². The number of methoxy groups -OCH3 is 1. The lowest BCUT2D eigenvalue weighted by atomic mass is 9.91. The van der Waals surface area contributed by atoms with Crippen molar-refractivity contribution in [1.29, 1.82) is 0 Å². The van der Waals surface area contributed by atoms with Gasteiger partial charge in [-0.05, 0) is 36.6 Å². The minimum atomic E-state index is -0.741. The van der Waals surface area contributed by atoms with Crippen molar-refractivity contribution in [3.05, 3.63) is 77.9 Å². The second-order valence-electron chi connectivity index (χ2n) is 8.90. The monoisotopic (exact) mass is 446 g/mol. The molecule has 3 aliphatic rings. The first kappa shape index (κ1) is 21.2. The highest BCUT2D eigenvalue weighted by molar-refractivity contribution is 5.96. The lowest BCUT2D eigenvalue weighted by Crippen LogP contribution is -2.40. The number of anilines is 1. The zero-order valence-corrected chi connectivity index (χ0v) is 18.6. The van der Waals surface area contributed by atoms with Gasteiger partial charge in [0.15, 0.2) is 5.60 Å². The molecule has 0 aromatic heterocycles. The van der Waals surface area contributed by atoms with Crippen LogP contribution in [0.2, 0.25) is 0 Å². The molecule has 1 saturated carbocycles. The van der Waals surface area contributed by atoms with Crippen molar-refractivity contribution in [3.63, 3.8) is 0 Å². The van der Waals surface area contributed by atoms with Crippen molar-refractivity contribution in [2.75, 3.05) is 31.6 Å². The molecule has 0 radical (unpaired) electrons. The van der Waals surface area contributed by atoms with Crippen molar-refractivity contribution >= 4 is 23.7 Å². The molecular formula is C26H26N2O5. The molecule has 2 aliphatic heterocycles. The van der Waals surface area contributed by atoms with Gasteiger partial charge >= 0.3 is 12.1 Å². The summed E-state index contributed by atoms with van der Waals surface area (Å²) in [5, 5.41) is 0. The molecular weight excluding hydrogens is 420 g/mol. The maximum absolute atomic E-state index is 13.6. The molecule has 1 saturated heterocycles. The summed E-state index contributed by atoms with van der Waals surface area (Å²) < 4.78 is 10.7. The molecule has 170 valence electrons. The molecule has 0 bridgehead atoms. The number of hydrogen-bond donors (Lipinski definition) is 0. The summed E-state index contributed by atoms with van der Waals surface area (Å²) in [5.74, 6) is -0.241. The van der Waals surface area contributed by atoms with Gasteiger partial charge in [0.25, 0.3) is 0 Å². The summed E-state index contributed by atoms with van der Waals surface area (Å²) in [6, 6.07) is 14.9. The van der Waals surface area contributed by atoms with E-state index in [2.05, 4.69) is 6.58 Å². The van der Waals surface area contributed by atoms with E-state index in [1.54, 1.807) is 12.1 Å². The van der Waals surface area contributed by atoms with Gasteiger partial charge in [-0.3, -0.25) is 9.69 Å². The fraction of sp³-hybridized carbons (Fsp3) is 0.346. The first-order valence-electron chi connectivity index (χ1n) is 11.1. The molecule has 7 nitrogen and oxygen atoms in total. The smallest absolute Gasteiger partial charge is 0.414 e. The third-order valence-electron chi connectivity index (χ3n) is 7.04. The minimum absolute atomic E-state index is 0.0727. The van der Waals surface area contributed by atoms with Crippen LogP contribution in [0.15, 0.2) is 61.2 Å². The summed E-state index contributed by atoms with van der Waals surface area (Å²) >= 11 is 0. The fourth-order valence-electron chi connectivity index (χ4n) is 5.14. The molecule has 2 heterocycles. The number of esters is 1. The predicted octanol–water partition coefficient (Wildman–Crippen LogP) is 3.78. The van der Waals surface area contributed by atoms with Gasteiger partial charge < -0.3 is 14.4 Å². The molecule has 2 aromatic rings. The highest BCUT2D eigenvalue weighted by atomic mass is 16.6. The van der Waals surface area contributed by atoms with Gasteiger partial charge in [0.1, 0.15) is 0 Å². The predicted molar refractivity (Wildman–Crippen MR) is 122 cm³/mol. The summed E-state index contributed by atoms with van der Waals surface area (Å²) in [4.78, 5) is 41.4. The second-order valence-corrected chi connectivity index (χ2v) is 8.90. The van der Waals surface area contributed by atoms with E-state index in [0.29, 0.717) is 37.3 Å². The number of hydrogen-bond acceptors (Lipinski definition) is 5. The third kappa shape index (κ3) is 3.30. The van der Waals surface area contributed by atoms with E-state index in [1.807, 2.05) is 47.4 Å². The Kier molecular flexibility index (Phi) is 5.00. The number of likely N-dealkylation sites (tertiary alicyclic amines) is 1. The highest BCUT2D eigenvalue weighted by Gasteiger charge is 2.57. The van der Waals surface area contributed by atoms with E-state index < -0.39 is 17.1 Å². The average molecular weight is 447 g/mol. The lowest BCUT2D eigenvalue weighted by molar-refractivity contribution is -0.134. The molecule has 1 aliphatic carbocycles. The van der Waals surface area contributed by atoms with Crippen molar-refractivity contribution in [3.8, 4) is 0 Å². The Bertz CT molecular complexity index is 1140. The molecule has 0 N–H and O–H groups in total.